The standard InChI is InChI=1S/C19H19NO6/c1-5-24-19(22)15-11(3)20-10(2)14(18(21)23-4)16(15)12-7-6-8-13-17(12)26-9-25-13/h6-8H,5,9H2,1-4H3. The minimum Gasteiger partial charge on any atom is -0.465 e. The summed E-state index contributed by atoms with van der Waals surface area (Å²) < 4.78 is 21.1. The zero-order valence-electron chi connectivity index (χ0n) is 15.0. The monoisotopic (exact) mass is 357 g/mol. The highest BCUT2D eigenvalue weighted by Crippen LogP contribution is 2.44. The molecule has 0 atom stereocenters. The number of hydrogen-bond donors (Lipinski definition) is 0. The molecule has 0 bridgehead atoms. The van der Waals surface area contributed by atoms with Crippen molar-refractivity contribution in [2.45, 2.75) is 20.8 Å². The SMILES string of the molecule is CCOC(=O)c1c(C)nc(C)c(C(=O)OC)c1-c1cccc2c1OCO2. The summed E-state index contributed by atoms with van der Waals surface area (Å²) in [5.41, 5.74) is 2.25. The number of esters is 2. The van der Waals surface area contributed by atoms with Crippen LogP contribution in [0.2, 0.25) is 0 Å². The Morgan fingerprint density at radius 2 is 1.81 bits per heavy atom. The van der Waals surface area contributed by atoms with Gasteiger partial charge in [-0.1, -0.05) is 12.1 Å². The van der Waals surface area contributed by atoms with Gasteiger partial charge >= 0.3 is 11.9 Å². The number of para-hydroxylation sites is 1. The smallest absolute Gasteiger partial charge is 0.340 e. The van der Waals surface area contributed by atoms with Crippen molar-refractivity contribution in [1.82, 2.24) is 4.98 Å². The summed E-state index contributed by atoms with van der Waals surface area (Å²) in [6.45, 7) is 5.37. The van der Waals surface area contributed by atoms with Crippen LogP contribution in [0.3, 0.4) is 0 Å². The molecule has 0 amide bonds. The van der Waals surface area contributed by atoms with E-state index in [1.165, 1.54) is 7.11 Å². The van der Waals surface area contributed by atoms with Crippen LogP contribution in [0, 0.1) is 13.8 Å². The van der Waals surface area contributed by atoms with Crippen molar-refractivity contribution < 1.29 is 28.5 Å². The average Bonchev–Trinajstić information content (AvgIpc) is 3.09. The molecule has 1 aromatic carbocycles. The number of benzene rings is 1. The number of methoxy groups -OCH3 is 1. The van der Waals surface area contributed by atoms with Crippen molar-refractivity contribution >= 4 is 11.9 Å². The average molecular weight is 357 g/mol. The lowest BCUT2D eigenvalue weighted by Gasteiger charge is -2.18. The molecule has 0 saturated heterocycles. The van der Waals surface area contributed by atoms with Gasteiger partial charge in [-0.3, -0.25) is 4.98 Å². The maximum atomic E-state index is 12.6. The largest absolute Gasteiger partial charge is 0.465 e. The number of pyridine rings is 1. The summed E-state index contributed by atoms with van der Waals surface area (Å²) in [4.78, 5) is 29.5. The molecule has 1 aliphatic rings. The molecule has 26 heavy (non-hydrogen) atoms. The zero-order valence-corrected chi connectivity index (χ0v) is 15.0. The molecule has 3 rings (SSSR count). The Hall–Kier alpha value is -3.09. The topological polar surface area (TPSA) is 84.0 Å². The predicted octanol–water partition coefficient (Wildman–Crippen LogP) is 3.06. The van der Waals surface area contributed by atoms with Crippen LogP contribution >= 0.6 is 0 Å². The Morgan fingerprint density at radius 3 is 2.46 bits per heavy atom. The van der Waals surface area contributed by atoms with Crippen LogP contribution < -0.4 is 9.47 Å². The quantitative estimate of drug-likeness (QED) is 0.778. The van der Waals surface area contributed by atoms with Gasteiger partial charge in [-0.25, -0.2) is 9.59 Å². The first kappa shape index (κ1) is 17.7. The van der Waals surface area contributed by atoms with E-state index in [0.29, 0.717) is 34.0 Å². The van der Waals surface area contributed by atoms with Crippen LogP contribution in [-0.2, 0) is 9.47 Å². The van der Waals surface area contributed by atoms with Crippen molar-refractivity contribution in [3.05, 3.63) is 40.7 Å². The Kier molecular flexibility index (Phi) is 4.79. The fourth-order valence-corrected chi connectivity index (χ4v) is 3.05. The third-order valence-electron chi connectivity index (χ3n) is 4.09. The van der Waals surface area contributed by atoms with E-state index in [1.807, 2.05) is 0 Å². The van der Waals surface area contributed by atoms with Gasteiger partial charge in [0.1, 0.15) is 0 Å². The van der Waals surface area contributed by atoms with Gasteiger partial charge in [0.25, 0.3) is 0 Å². The van der Waals surface area contributed by atoms with Crippen molar-refractivity contribution in [3.63, 3.8) is 0 Å². The Labute approximate surface area is 150 Å². The van der Waals surface area contributed by atoms with Gasteiger partial charge in [-0.15, -0.1) is 0 Å². The van der Waals surface area contributed by atoms with Crippen LogP contribution in [0.15, 0.2) is 18.2 Å². The maximum absolute atomic E-state index is 12.6. The maximum Gasteiger partial charge on any atom is 0.340 e. The molecule has 0 radical (unpaired) electrons. The summed E-state index contributed by atoms with van der Waals surface area (Å²) in [5.74, 6) is -0.144. The fourth-order valence-electron chi connectivity index (χ4n) is 3.05. The van der Waals surface area contributed by atoms with Crippen LogP contribution in [-0.4, -0.2) is 37.4 Å². The lowest BCUT2D eigenvalue weighted by atomic mass is 9.91. The number of rotatable bonds is 4. The number of aromatic nitrogens is 1. The third-order valence-corrected chi connectivity index (χ3v) is 4.09. The van der Waals surface area contributed by atoms with Crippen molar-refractivity contribution in [3.8, 4) is 22.6 Å². The zero-order chi connectivity index (χ0) is 18.8. The van der Waals surface area contributed by atoms with E-state index in [2.05, 4.69) is 4.98 Å². The minimum atomic E-state index is -0.591. The highest BCUT2D eigenvalue weighted by Gasteiger charge is 2.31. The molecule has 1 aliphatic heterocycles. The molecule has 0 aliphatic carbocycles. The predicted molar refractivity (Wildman–Crippen MR) is 92.6 cm³/mol. The van der Waals surface area contributed by atoms with E-state index >= 15 is 0 Å². The van der Waals surface area contributed by atoms with Crippen LogP contribution in [0.4, 0.5) is 0 Å². The molecule has 0 N–H and O–H groups in total. The Balaban J connectivity index is 2.39. The molecule has 2 heterocycles. The fraction of sp³-hybridized carbons (Fsp3) is 0.316. The first-order valence-corrected chi connectivity index (χ1v) is 8.15. The number of fused-ring (bicyclic) bond motifs is 1. The minimum absolute atomic E-state index is 0.0672. The first-order chi connectivity index (χ1) is 12.5. The van der Waals surface area contributed by atoms with E-state index in [4.69, 9.17) is 18.9 Å². The van der Waals surface area contributed by atoms with Crippen molar-refractivity contribution in [2.24, 2.45) is 0 Å². The van der Waals surface area contributed by atoms with E-state index in [9.17, 15) is 9.59 Å². The van der Waals surface area contributed by atoms with Crippen molar-refractivity contribution in [1.29, 1.82) is 0 Å². The number of hydrogen-bond acceptors (Lipinski definition) is 7. The third kappa shape index (κ3) is 2.85. The number of nitrogens with zero attached hydrogens (tertiary/aromatic N) is 1. The summed E-state index contributed by atoms with van der Waals surface area (Å²) >= 11 is 0. The van der Waals surface area contributed by atoms with E-state index in [0.717, 1.165) is 0 Å². The van der Waals surface area contributed by atoms with Crippen molar-refractivity contribution in [2.75, 3.05) is 20.5 Å². The normalized spacial score (nSPS) is 12.0. The molecule has 7 heteroatoms. The molecule has 2 aromatic rings. The molecular weight excluding hydrogens is 338 g/mol. The molecule has 0 saturated carbocycles. The number of carbonyl (C=O) groups excluding carboxylic acids is 2. The highest BCUT2D eigenvalue weighted by molar-refractivity contribution is 6.08. The number of ether oxygens (including phenoxy) is 4. The van der Waals surface area contributed by atoms with Gasteiger partial charge < -0.3 is 18.9 Å². The first-order valence-electron chi connectivity index (χ1n) is 8.15. The summed E-state index contributed by atoms with van der Waals surface area (Å²) in [5, 5.41) is 0. The molecule has 136 valence electrons. The second-order valence-corrected chi connectivity index (χ2v) is 5.66. The second-order valence-electron chi connectivity index (χ2n) is 5.66. The van der Waals surface area contributed by atoms with Crippen LogP contribution in [0.5, 0.6) is 11.5 Å². The number of aryl methyl sites for hydroxylation is 2. The van der Waals surface area contributed by atoms with Gasteiger partial charge in [0, 0.05) is 11.1 Å². The highest BCUT2D eigenvalue weighted by atomic mass is 16.7. The summed E-state index contributed by atoms with van der Waals surface area (Å²) in [6, 6.07) is 5.29. The summed E-state index contributed by atoms with van der Waals surface area (Å²) in [6.07, 6.45) is 0. The Morgan fingerprint density at radius 1 is 1.12 bits per heavy atom. The molecular formula is C19H19NO6. The van der Waals surface area contributed by atoms with Gasteiger partial charge in [-0.2, -0.15) is 0 Å². The Bertz CT molecular complexity index is 890. The molecule has 0 fully saturated rings. The van der Waals surface area contributed by atoms with Gasteiger partial charge in [0.15, 0.2) is 11.5 Å². The van der Waals surface area contributed by atoms with Gasteiger partial charge in [0.2, 0.25) is 6.79 Å². The van der Waals surface area contributed by atoms with Gasteiger partial charge in [0.05, 0.1) is 36.2 Å². The lowest BCUT2D eigenvalue weighted by Crippen LogP contribution is -2.17. The lowest BCUT2D eigenvalue weighted by molar-refractivity contribution is 0.0526. The second kappa shape index (κ2) is 7.03. The molecule has 0 unspecified atom stereocenters. The number of carbonyl (C=O) groups is 2. The van der Waals surface area contributed by atoms with Gasteiger partial charge in [-0.05, 0) is 26.8 Å². The van der Waals surface area contributed by atoms with Crippen LogP contribution in [0.25, 0.3) is 11.1 Å². The van der Waals surface area contributed by atoms with Crippen LogP contribution in [0.1, 0.15) is 39.0 Å². The van der Waals surface area contributed by atoms with E-state index in [-0.39, 0.29) is 24.5 Å². The van der Waals surface area contributed by atoms with E-state index < -0.39 is 11.9 Å². The molecule has 0 spiro atoms. The summed E-state index contributed by atoms with van der Waals surface area (Å²) in [7, 11) is 1.28. The molecule has 1 aromatic heterocycles. The molecule has 7 nitrogen and oxygen atoms in total. The van der Waals surface area contributed by atoms with E-state index in [1.54, 1.807) is 39.0 Å².